The smallest absolute Gasteiger partial charge is 0.309 e. The average Bonchev–Trinajstić information content (AvgIpc) is 2.74. The molecule has 7 nitrogen and oxygen atoms in total. The second-order valence-electron chi connectivity index (χ2n) is 5.62. The highest BCUT2D eigenvalue weighted by molar-refractivity contribution is 6.30. The number of amides is 1. The number of hydrazone groups is 1. The summed E-state index contributed by atoms with van der Waals surface area (Å²) in [6.07, 6.45) is 2.99. The van der Waals surface area contributed by atoms with Crippen molar-refractivity contribution >= 4 is 23.7 Å². The van der Waals surface area contributed by atoms with Gasteiger partial charge in [0.25, 0.3) is 0 Å². The molecule has 1 amide bonds. The lowest BCUT2D eigenvalue weighted by Gasteiger charge is -2.05. The van der Waals surface area contributed by atoms with Gasteiger partial charge in [0.05, 0.1) is 26.1 Å². The van der Waals surface area contributed by atoms with Crippen LogP contribution in [0, 0.1) is 0 Å². The van der Waals surface area contributed by atoms with Crippen molar-refractivity contribution < 1.29 is 14.3 Å². The molecule has 0 spiro atoms. The second kappa shape index (κ2) is 8.96. The van der Waals surface area contributed by atoms with Crippen LogP contribution in [0.4, 0.5) is 0 Å². The van der Waals surface area contributed by atoms with Crippen LogP contribution >= 0.6 is 11.6 Å². The van der Waals surface area contributed by atoms with Crippen LogP contribution in [0.3, 0.4) is 0 Å². The minimum Gasteiger partial charge on any atom is -0.497 e. The van der Waals surface area contributed by atoms with Gasteiger partial charge in [-0.3, -0.25) is 4.79 Å². The van der Waals surface area contributed by atoms with E-state index in [1.165, 1.54) is 12.4 Å². The van der Waals surface area contributed by atoms with Crippen LogP contribution in [0.15, 0.2) is 59.8 Å². The molecule has 0 saturated carbocycles. The molecule has 0 unspecified atom stereocenters. The number of aromatic nitrogens is 2. The Morgan fingerprint density at radius 2 is 1.75 bits per heavy atom. The zero-order chi connectivity index (χ0) is 19.9. The van der Waals surface area contributed by atoms with E-state index in [0.717, 1.165) is 5.56 Å². The highest BCUT2D eigenvalue weighted by atomic mass is 35.5. The van der Waals surface area contributed by atoms with E-state index in [0.29, 0.717) is 27.8 Å². The second-order valence-corrected chi connectivity index (χ2v) is 6.05. The monoisotopic (exact) mass is 396 g/mol. The number of nitrogens with zero attached hydrogens (tertiary/aromatic N) is 3. The number of carbonyl (C=O) groups excluding carboxylic acids is 1. The first-order chi connectivity index (χ1) is 13.6. The number of halogens is 1. The predicted molar refractivity (Wildman–Crippen MR) is 107 cm³/mol. The quantitative estimate of drug-likeness (QED) is 0.508. The van der Waals surface area contributed by atoms with Crippen LogP contribution in [0.1, 0.15) is 16.2 Å². The molecule has 142 valence electrons. The Morgan fingerprint density at radius 3 is 2.39 bits per heavy atom. The first-order valence-electron chi connectivity index (χ1n) is 8.24. The minimum atomic E-state index is -0.526. The molecule has 3 rings (SSSR count). The molecule has 0 fully saturated rings. The number of hydrogen-bond donors (Lipinski definition) is 1. The largest absolute Gasteiger partial charge is 0.497 e. The third kappa shape index (κ3) is 4.83. The molecule has 0 aliphatic rings. The highest BCUT2D eigenvalue weighted by Crippen LogP contribution is 2.21. The van der Waals surface area contributed by atoms with Gasteiger partial charge in [0.2, 0.25) is 5.82 Å². The summed E-state index contributed by atoms with van der Waals surface area (Å²) in [5, 5.41) is 4.57. The summed E-state index contributed by atoms with van der Waals surface area (Å²) in [7, 11) is 3.12. The molecule has 1 heterocycles. The van der Waals surface area contributed by atoms with Gasteiger partial charge in [-0.1, -0.05) is 23.7 Å². The van der Waals surface area contributed by atoms with Crippen molar-refractivity contribution in [2.75, 3.05) is 14.2 Å². The van der Waals surface area contributed by atoms with Crippen molar-refractivity contribution in [3.8, 4) is 22.8 Å². The van der Waals surface area contributed by atoms with E-state index in [-0.39, 0.29) is 5.82 Å². The summed E-state index contributed by atoms with van der Waals surface area (Å²) < 4.78 is 10.4. The summed E-state index contributed by atoms with van der Waals surface area (Å²) in [5.41, 5.74) is 4.55. The summed E-state index contributed by atoms with van der Waals surface area (Å²) in [6.45, 7) is 0. The fourth-order valence-electron chi connectivity index (χ4n) is 2.37. The molecule has 0 aliphatic heterocycles. The Hall–Kier alpha value is -3.45. The van der Waals surface area contributed by atoms with Gasteiger partial charge in [-0.25, -0.2) is 15.4 Å². The molecular formula is C20H17ClN4O3. The van der Waals surface area contributed by atoms with Crippen LogP contribution < -0.4 is 14.9 Å². The number of rotatable bonds is 6. The Bertz CT molecular complexity index is 984. The van der Waals surface area contributed by atoms with Gasteiger partial charge in [-0.15, -0.1) is 0 Å². The molecule has 0 saturated heterocycles. The first-order valence-corrected chi connectivity index (χ1v) is 8.62. The zero-order valence-electron chi connectivity index (χ0n) is 15.2. The SMILES string of the molecule is COc1cc(/C=N/NC(=O)c2nccc(-c3ccc(Cl)cc3)n2)cc(OC)c1. The maximum atomic E-state index is 12.3. The Balaban J connectivity index is 1.72. The zero-order valence-corrected chi connectivity index (χ0v) is 16.0. The Labute approximate surface area is 167 Å². The number of ether oxygens (including phenoxy) is 2. The van der Waals surface area contributed by atoms with Crippen molar-refractivity contribution in [1.82, 2.24) is 15.4 Å². The van der Waals surface area contributed by atoms with Crippen LogP contribution in [-0.4, -0.2) is 36.3 Å². The molecule has 1 N–H and O–H groups in total. The van der Waals surface area contributed by atoms with Gasteiger partial charge in [0.1, 0.15) is 11.5 Å². The summed E-state index contributed by atoms with van der Waals surface area (Å²) in [4.78, 5) is 20.6. The molecule has 28 heavy (non-hydrogen) atoms. The lowest BCUT2D eigenvalue weighted by molar-refractivity contribution is 0.0945. The van der Waals surface area contributed by atoms with Crippen molar-refractivity contribution in [2.45, 2.75) is 0 Å². The molecule has 2 aromatic carbocycles. The fourth-order valence-corrected chi connectivity index (χ4v) is 2.49. The van der Waals surface area contributed by atoms with Crippen molar-refractivity contribution in [3.63, 3.8) is 0 Å². The molecule has 8 heteroatoms. The average molecular weight is 397 g/mol. The van der Waals surface area contributed by atoms with Crippen LogP contribution in [0.2, 0.25) is 5.02 Å². The van der Waals surface area contributed by atoms with Crippen molar-refractivity contribution in [1.29, 1.82) is 0 Å². The minimum absolute atomic E-state index is 0.00724. The maximum Gasteiger partial charge on any atom is 0.309 e. The van der Waals surface area contributed by atoms with Crippen molar-refractivity contribution in [2.24, 2.45) is 5.10 Å². The summed E-state index contributed by atoms with van der Waals surface area (Å²) in [6, 6.07) is 14.1. The Morgan fingerprint density at radius 1 is 1.07 bits per heavy atom. The number of carbonyl (C=O) groups is 1. The maximum absolute atomic E-state index is 12.3. The summed E-state index contributed by atoms with van der Waals surface area (Å²) in [5.74, 6) is 0.715. The van der Waals surface area contributed by atoms with Gasteiger partial charge in [0, 0.05) is 28.4 Å². The number of hydrogen-bond acceptors (Lipinski definition) is 6. The fraction of sp³-hybridized carbons (Fsp3) is 0.100. The Kier molecular flexibility index (Phi) is 6.18. The summed E-state index contributed by atoms with van der Waals surface area (Å²) >= 11 is 5.90. The highest BCUT2D eigenvalue weighted by Gasteiger charge is 2.10. The van der Waals surface area contributed by atoms with E-state index in [4.69, 9.17) is 21.1 Å². The standard InChI is InChI=1S/C20H17ClN4O3/c1-27-16-9-13(10-17(11-16)28-2)12-23-25-20(26)19-22-8-7-18(24-19)14-3-5-15(21)6-4-14/h3-12H,1-2H3,(H,25,26)/b23-12+. The van der Waals surface area contributed by atoms with E-state index < -0.39 is 5.91 Å². The number of benzene rings is 2. The van der Waals surface area contributed by atoms with Crippen LogP contribution in [0.5, 0.6) is 11.5 Å². The van der Waals surface area contributed by atoms with E-state index in [1.807, 2.05) is 12.1 Å². The molecule has 3 aromatic rings. The topological polar surface area (TPSA) is 85.7 Å². The third-order valence-electron chi connectivity index (χ3n) is 3.75. The number of nitrogens with one attached hydrogen (secondary N) is 1. The normalized spacial score (nSPS) is 10.7. The molecular weight excluding hydrogens is 380 g/mol. The first kappa shape index (κ1) is 19.3. The van der Waals surface area contributed by atoms with E-state index in [2.05, 4.69) is 20.5 Å². The van der Waals surface area contributed by atoms with Gasteiger partial charge in [0.15, 0.2) is 0 Å². The van der Waals surface area contributed by atoms with Gasteiger partial charge in [-0.2, -0.15) is 5.10 Å². The lowest BCUT2D eigenvalue weighted by Crippen LogP contribution is -2.20. The molecule has 0 aliphatic carbocycles. The van der Waals surface area contributed by atoms with E-state index >= 15 is 0 Å². The van der Waals surface area contributed by atoms with E-state index in [9.17, 15) is 4.79 Å². The number of methoxy groups -OCH3 is 2. The van der Waals surface area contributed by atoms with Gasteiger partial charge < -0.3 is 9.47 Å². The third-order valence-corrected chi connectivity index (χ3v) is 4.00. The van der Waals surface area contributed by atoms with E-state index in [1.54, 1.807) is 50.6 Å². The van der Waals surface area contributed by atoms with Gasteiger partial charge in [-0.05, 0) is 30.3 Å². The van der Waals surface area contributed by atoms with Crippen LogP contribution in [-0.2, 0) is 0 Å². The van der Waals surface area contributed by atoms with Crippen molar-refractivity contribution in [3.05, 3.63) is 71.1 Å². The van der Waals surface area contributed by atoms with Crippen LogP contribution in [0.25, 0.3) is 11.3 Å². The molecule has 0 radical (unpaired) electrons. The molecule has 1 aromatic heterocycles. The molecule has 0 atom stereocenters. The van der Waals surface area contributed by atoms with Gasteiger partial charge >= 0.3 is 5.91 Å². The lowest BCUT2D eigenvalue weighted by atomic mass is 10.1. The molecule has 0 bridgehead atoms. The predicted octanol–water partition coefficient (Wildman–Crippen LogP) is 3.58.